The maximum absolute atomic E-state index is 11.9. The molecule has 5 nitrogen and oxygen atoms in total. The number of carbonyl (C=O) groups is 1. The van der Waals surface area contributed by atoms with Crippen LogP contribution in [0.5, 0.6) is 5.75 Å². The lowest BCUT2D eigenvalue weighted by molar-refractivity contribution is -0.124. The second-order valence-corrected chi connectivity index (χ2v) is 4.93. The van der Waals surface area contributed by atoms with Gasteiger partial charge in [-0.1, -0.05) is 18.2 Å². The van der Waals surface area contributed by atoms with Crippen LogP contribution < -0.4 is 15.8 Å². The monoisotopic (exact) mass is 278 g/mol. The fourth-order valence-corrected chi connectivity index (χ4v) is 2.27. The van der Waals surface area contributed by atoms with Gasteiger partial charge in [-0.15, -0.1) is 0 Å². The third-order valence-corrected chi connectivity index (χ3v) is 3.49. The Morgan fingerprint density at radius 2 is 2.05 bits per heavy atom. The topological polar surface area (TPSA) is 73.6 Å². The van der Waals surface area contributed by atoms with Gasteiger partial charge in [0.2, 0.25) is 5.91 Å². The van der Waals surface area contributed by atoms with Gasteiger partial charge >= 0.3 is 0 Å². The zero-order valence-corrected chi connectivity index (χ0v) is 11.6. The van der Waals surface area contributed by atoms with Crippen LogP contribution in [0, 0.1) is 5.92 Å². The average molecular weight is 278 g/mol. The minimum absolute atomic E-state index is 0.103. The molecule has 5 heteroatoms. The van der Waals surface area contributed by atoms with Crippen LogP contribution >= 0.6 is 0 Å². The van der Waals surface area contributed by atoms with Crippen LogP contribution in [-0.4, -0.2) is 38.3 Å². The highest BCUT2D eigenvalue weighted by Gasteiger charge is 2.26. The minimum atomic E-state index is -0.448. The predicted molar refractivity (Wildman–Crippen MR) is 76.5 cm³/mol. The Labute approximate surface area is 119 Å². The lowest BCUT2D eigenvalue weighted by atomic mass is 9.92. The molecule has 1 heterocycles. The van der Waals surface area contributed by atoms with Gasteiger partial charge in [-0.05, 0) is 30.9 Å². The summed E-state index contributed by atoms with van der Waals surface area (Å²) in [5.74, 6) is 0.919. The summed E-state index contributed by atoms with van der Waals surface area (Å²) in [6, 6.07) is 9.08. The van der Waals surface area contributed by atoms with E-state index in [0.717, 1.165) is 18.6 Å². The predicted octanol–water partition coefficient (Wildman–Crippen LogP) is 0.935. The average Bonchev–Trinajstić information content (AvgIpc) is 2.52. The van der Waals surface area contributed by atoms with Crippen LogP contribution in [-0.2, 0) is 9.53 Å². The number of benzene rings is 1. The lowest BCUT2D eigenvalue weighted by Gasteiger charge is -2.26. The molecule has 1 fully saturated rings. The second kappa shape index (κ2) is 7.87. The van der Waals surface area contributed by atoms with Gasteiger partial charge in [-0.25, -0.2) is 0 Å². The van der Waals surface area contributed by atoms with E-state index >= 15 is 0 Å². The third-order valence-electron chi connectivity index (χ3n) is 3.49. The highest BCUT2D eigenvalue weighted by Crippen LogP contribution is 2.17. The molecule has 1 aliphatic heterocycles. The number of ether oxygens (including phenoxy) is 2. The number of nitrogens with one attached hydrogen (secondary N) is 1. The molecule has 0 bridgehead atoms. The Balaban J connectivity index is 1.64. The van der Waals surface area contributed by atoms with Crippen LogP contribution in [0.4, 0.5) is 0 Å². The van der Waals surface area contributed by atoms with Crippen molar-refractivity contribution in [1.29, 1.82) is 0 Å². The van der Waals surface area contributed by atoms with Crippen LogP contribution in [0.25, 0.3) is 0 Å². The van der Waals surface area contributed by atoms with Gasteiger partial charge in [0.15, 0.2) is 0 Å². The molecule has 1 unspecified atom stereocenters. The number of amides is 1. The van der Waals surface area contributed by atoms with E-state index in [9.17, 15) is 4.79 Å². The highest BCUT2D eigenvalue weighted by molar-refractivity contribution is 5.81. The summed E-state index contributed by atoms with van der Waals surface area (Å²) in [6.45, 7) is 2.30. The molecule has 1 aromatic rings. The largest absolute Gasteiger partial charge is 0.492 e. The first-order valence-corrected chi connectivity index (χ1v) is 7.06. The molecule has 1 saturated heterocycles. The molecule has 0 saturated carbocycles. The fourth-order valence-electron chi connectivity index (χ4n) is 2.27. The number of hydrogen-bond donors (Lipinski definition) is 2. The van der Waals surface area contributed by atoms with E-state index < -0.39 is 6.04 Å². The number of para-hydroxylation sites is 1. The van der Waals surface area contributed by atoms with Crippen molar-refractivity contribution in [3.05, 3.63) is 30.3 Å². The third kappa shape index (κ3) is 4.51. The van der Waals surface area contributed by atoms with E-state index in [-0.39, 0.29) is 11.8 Å². The Morgan fingerprint density at radius 1 is 1.35 bits per heavy atom. The molecular formula is C15H22N2O3. The summed E-state index contributed by atoms with van der Waals surface area (Å²) in [7, 11) is 0. The summed E-state index contributed by atoms with van der Waals surface area (Å²) in [5, 5.41) is 2.82. The summed E-state index contributed by atoms with van der Waals surface area (Å²) < 4.78 is 10.8. The Hall–Kier alpha value is -1.59. The Morgan fingerprint density at radius 3 is 2.75 bits per heavy atom. The van der Waals surface area contributed by atoms with Crippen LogP contribution in [0.2, 0.25) is 0 Å². The first kappa shape index (κ1) is 14.8. The van der Waals surface area contributed by atoms with Gasteiger partial charge in [0, 0.05) is 13.2 Å². The van der Waals surface area contributed by atoms with Gasteiger partial charge in [-0.3, -0.25) is 4.79 Å². The van der Waals surface area contributed by atoms with Gasteiger partial charge < -0.3 is 20.5 Å². The molecule has 2 rings (SSSR count). The van der Waals surface area contributed by atoms with E-state index in [2.05, 4.69) is 5.32 Å². The molecule has 1 aromatic carbocycles. The van der Waals surface area contributed by atoms with E-state index in [0.29, 0.717) is 26.4 Å². The first-order valence-electron chi connectivity index (χ1n) is 7.06. The van der Waals surface area contributed by atoms with E-state index in [1.165, 1.54) is 0 Å². The second-order valence-electron chi connectivity index (χ2n) is 4.93. The lowest BCUT2D eigenvalue weighted by Crippen LogP contribution is -2.47. The van der Waals surface area contributed by atoms with Crippen molar-refractivity contribution >= 4 is 5.91 Å². The Kier molecular flexibility index (Phi) is 5.83. The first-order chi connectivity index (χ1) is 9.77. The summed E-state index contributed by atoms with van der Waals surface area (Å²) >= 11 is 0. The van der Waals surface area contributed by atoms with Gasteiger partial charge in [0.1, 0.15) is 12.4 Å². The molecule has 1 aliphatic rings. The molecule has 0 radical (unpaired) electrons. The maximum atomic E-state index is 11.9. The number of carbonyl (C=O) groups excluding carboxylic acids is 1. The number of rotatable bonds is 6. The molecule has 20 heavy (non-hydrogen) atoms. The molecule has 0 spiro atoms. The van der Waals surface area contributed by atoms with Gasteiger partial charge in [0.05, 0.1) is 12.6 Å². The maximum Gasteiger partial charge on any atom is 0.237 e. The normalized spacial score (nSPS) is 17.4. The number of hydrogen-bond acceptors (Lipinski definition) is 4. The summed E-state index contributed by atoms with van der Waals surface area (Å²) in [4.78, 5) is 11.9. The van der Waals surface area contributed by atoms with Crippen molar-refractivity contribution in [2.24, 2.45) is 11.7 Å². The van der Waals surface area contributed by atoms with Crippen LogP contribution in [0.15, 0.2) is 30.3 Å². The smallest absolute Gasteiger partial charge is 0.237 e. The van der Waals surface area contributed by atoms with Gasteiger partial charge in [-0.2, -0.15) is 0 Å². The summed E-state index contributed by atoms with van der Waals surface area (Å²) in [5.41, 5.74) is 5.98. The van der Waals surface area contributed by atoms with Crippen LogP contribution in [0.1, 0.15) is 12.8 Å². The minimum Gasteiger partial charge on any atom is -0.492 e. The van der Waals surface area contributed by atoms with Crippen molar-refractivity contribution in [2.75, 3.05) is 26.4 Å². The fraction of sp³-hybridized carbons (Fsp3) is 0.533. The molecule has 1 amide bonds. The van der Waals surface area contributed by atoms with Crippen molar-refractivity contribution < 1.29 is 14.3 Å². The number of nitrogens with two attached hydrogens (primary N) is 1. The summed E-state index contributed by atoms with van der Waals surface area (Å²) in [6.07, 6.45) is 1.71. The van der Waals surface area contributed by atoms with Crippen molar-refractivity contribution in [2.45, 2.75) is 18.9 Å². The molecule has 0 aromatic heterocycles. The van der Waals surface area contributed by atoms with Crippen LogP contribution in [0.3, 0.4) is 0 Å². The molecule has 110 valence electrons. The molecule has 1 atom stereocenters. The van der Waals surface area contributed by atoms with Crippen molar-refractivity contribution in [1.82, 2.24) is 5.32 Å². The molecular weight excluding hydrogens is 256 g/mol. The van der Waals surface area contributed by atoms with E-state index in [4.69, 9.17) is 15.2 Å². The quantitative estimate of drug-likeness (QED) is 0.759. The van der Waals surface area contributed by atoms with Crippen molar-refractivity contribution in [3.63, 3.8) is 0 Å². The zero-order chi connectivity index (χ0) is 14.2. The van der Waals surface area contributed by atoms with Gasteiger partial charge in [0.25, 0.3) is 0 Å². The molecule has 0 aliphatic carbocycles. The zero-order valence-electron chi connectivity index (χ0n) is 11.6. The highest BCUT2D eigenvalue weighted by atomic mass is 16.5. The molecule has 3 N–H and O–H groups in total. The van der Waals surface area contributed by atoms with E-state index in [1.807, 2.05) is 30.3 Å². The standard InChI is InChI=1S/C15H22N2O3/c16-14(12-6-9-19-10-7-12)15(18)17-8-11-20-13-4-2-1-3-5-13/h1-5,12,14H,6-11,16H2,(H,17,18). The Bertz CT molecular complexity index is 405. The van der Waals surface area contributed by atoms with E-state index in [1.54, 1.807) is 0 Å². The SMILES string of the molecule is NC(C(=O)NCCOc1ccccc1)C1CCOCC1. The van der Waals surface area contributed by atoms with Crippen molar-refractivity contribution in [3.8, 4) is 5.75 Å².